The molecule has 1 aromatic carbocycles. The maximum Gasteiger partial charge on any atom is 0.416 e. The molecule has 0 heterocycles. The lowest BCUT2D eigenvalue weighted by molar-refractivity contribution is -0.137. The van der Waals surface area contributed by atoms with Crippen molar-refractivity contribution in [3.63, 3.8) is 0 Å². The Morgan fingerprint density at radius 3 is 2.33 bits per heavy atom. The second kappa shape index (κ2) is 5.90. The number of halogens is 4. The lowest BCUT2D eigenvalue weighted by atomic mass is 9.99. The molecule has 0 saturated heterocycles. The van der Waals surface area contributed by atoms with Crippen LogP contribution in [0, 0.1) is 5.82 Å². The van der Waals surface area contributed by atoms with Crippen LogP contribution < -0.4 is 0 Å². The van der Waals surface area contributed by atoms with Crippen LogP contribution in [0.15, 0.2) is 18.2 Å². The summed E-state index contributed by atoms with van der Waals surface area (Å²) in [5, 5.41) is 19.0. The van der Waals surface area contributed by atoms with Gasteiger partial charge in [0.05, 0.1) is 11.7 Å². The highest BCUT2D eigenvalue weighted by Crippen LogP contribution is 2.32. The number of aliphatic hydroxyl groups excluding tert-OH is 2. The first-order valence-corrected chi connectivity index (χ1v) is 5.74. The fraction of sp³-hybridized carbons (Fsp3) is 0.455. The molecule has 0 spiro atoms. The topological polar surface area (TPSA) is 40.5 Å². The number of thiol groups is 1. The number of hydrogen-bond donors (Lipinski definition) is 3. The zero-order valence-electron chi connectivity index (χ0n) is 9.15. The summed E-state index contributed by atoms with van der Waals surface area (Å²) >= 11 is 3.81. The first kappa shape index (κ1) is 15.3. The predicted molar refractivity (Wildman–Crippen MR) is 60.8 cm³/mol. The van der Waals surface area contributed by atoms with E-state index in [9.17, 15) is 27.8 Å². The Morgan fingerprint density at radius 2 is 1.83 bits per heavy atom. The van der Waals surface area contributed by atoms with Crippen molar-refractivity contribution in [2.45, 2.75) is 24.8 Å². The molecule has 0 amide bonds. The van der Waals surface area contributed by atoms with E-state index in [1.165, 1.54) is 0 Å². The first-order chi connectivity index (χ1) is 8.27. The van der Waals surface area contributed by atoms with Gasteiger partial charge in [-0.2, -0.15) is 25.8 Å². The molecule has 18 heavy (non-hydrogen) atoms. The molecule has 0 saturated carbocycles. The van der Waals surface area contributed by atoms with Gasteiger partial charge in [-0.05, 0) is 30.4 Å². The second-order valence-corrected chi connectivity index (χ2v) is 4.21. The van der Waals surface area contributed by atoms with Gasteiger partial charge < -0.3 is 10.2 Å². The third kappa shape index (κ3) is 3.60. The average molecular weight is 284 g/mol. The fourth-order valence-electron chi connectivity index (χ4n) is 1.44. The van der Waals surface area contributed by atoms with Crippen LogP contribution in [-0.2, 0) is 6.18 Å². The normalized spacial score (nSPS) is 15.5. The molecular formula is C11H12F4O2S. The monoisotopic (exact) mass is 284 g/mol. The third-order valence-electron chi connectivity index (χ3n) is 2.43. The zero-order valence-corrected chi connectivity index (χ0v) is 10.0. The summed E-state index contributed by atoms with van der Waals surface area (Å²) in [5.41, 5.74) is -1.64. The Hall–Kier alpha value is -0.790. The van der Waals surface area contributed by atoms with Gasteiger partial charge in [-0.25, -0.2) is 4.39 Å². The fourth-order valence-corrected chi connectivity index (χ4v) is 1.71. The van der Waals surface area contributed by atoms with Gasteiger partial charge in [0.25, 0.3) is 0 Å². The Kier molecular flexibility index (Phi) is 5.01. The first-order valence-electron chi connectivity index (χ1n) is 5.11. The van der Waals surface area contributed by atoms with Gasteiger partial charge in [-0.15, -0.1) is 0 Å². The van der Waals surface area contributed by atoms with Crippen LogP contribution >= 0.6 is 12.6 Å². The van der Waals surface area contributed by atoms with E-state index in [0.29, 0.717) is 18.2 Å². The summed E-state index contributed by atoms with van der Waals surface area (Å²) in [6.07, 6.45) is -7.66. The highest BCUT2D eigenvalue weighted by molar-refractivity contribution is 7.80. The molecule has 7 heteroatoms. The van der Waals surface area contributed by atoms with Crippen LogP contribution in [0.1, 0.15) is 23.7 Å². The van der Waals surface area contributed by atoms with Gasteiger partial charge >= 0.3 is 6.18 Å². The molecule has 2 atom stereocenters. The van der Waals surface area contributed by atoms with E-state index in [2.05, 4.69) is 12.6 Å². The van der Waals surface area contributed by atoms with Crippen molar-refractivity contribution in [1.29, 1.82) is 0 Å². The maximum absolute atomic E-state index is 13.4. The summed E-state index contributed by atoms with van der Waals surface area (Å²) in [6, 6.07) is 1.70. The molecule has 1 rings (SSSR count). The standard InChI is InChI=1S/C11H12F4O2S/c12-8-2-1-6(11(13,14)15)5-7(8)10(17)9(16)3-4-18/h1-2,5,9-10,16-18H,3-4H2. The highest BCUT2D eigenvalue weighted by atomic mass is 32.1. The minimum absolute atomic E-state index is 0.0416. The van der Waals surface area contributed by atoms with E-state index >= 15 is 0 Å². The van der Waals surface area contributed by atoms with E-state index in [1.807, 2.05) is 0 Å². The lowest BCUT2D eigenvalue weighted by Crippen LogP contribution is -2.20. The molecule has 0 bridgehead atoms. The summed E-state index contributed by atoms with van der Waals surface area (Å²) < 4.78 is 50.7. The van der Waals surface area contributed by atoms with E-state index in [-0.39, 0.29) is 12.2 Å². The zero-order chi connectivity index (χ0) is 13.9. The minimum atomic E-state index is -4.63. The predicted octanol–water partition coefficient (Wildman–Crippen LogP) is 2.56. The molecule has 0 aromatic heterocycles. The molecule has 0 fully saturated rings. The highest BCUT2D eigenvalue weighted by Gasteiger charge is 2.32. The molecule has 0 aliphatic rings. The van der Waals surface area contributed by atoms with Crippen LogP contribution in [0.2, 0.25) is 0 Å². The quantitative estimate of drug-likeness (QED) is 0.587. The largest absolute Gasteiger partial charge is 0.416 e. The van der Waals surface area contributed by atoms with Crippen molar-refractivity contribution in [2.75, 3.05) is 5.75 Å². The Morgan fingerprint density at radius 1 is 1.22 bits per heavy atom. The summed E-state index contributed by atoms with van der Waals surface area (Å²) in [7, 11) is 0. The number of hydrogen-bond acceptors (Lipinski definition) is 3. The van der Waals surface area contributed by atoms with E-state index < -0.39 is 35.3 Å². The van der Waals surface area contributed by atoms with Crippen molar-refractivity contribution in [1.82, 2.24) is 0 Å². The Labute approximate surface area is 107 Å². The summed E-state index contributed by atoms with van der Waals surface area (Å²) in [6.45, 7) is 0. The number of rotatable bonds is 4. The van der Waals surface area contributed by atoms with E-state index in [1.54, 1.807) is 0 Å². The molecule has 2 N–H and O–H groups in total. The molecular weight excluding hydrogens is 272 g/mol. The van der Waals surface area contributed by atoms with Gasteiger partial charge in [-0.3, -0.25) is 0 Å². The number of benzene rings is 1. The smallest absolute Gasteiger partial charge is 0.390 e. The van der Waals surface area contributed by atoms with Crippen LogP contribution in [0.25, 0.3) is 0 Å². The van der Waals surface area contributed by atoms with Crippen molar-refractivity contribution in [3.05, 3.63) is 35.1 Å². The molecule has 0 aliphatic heterocycles. The Bertz CT molecular complexity index is 409. The van der Waals surface area contributed by atoms with Gasteiger partial charge in [0.1, 0.15) is 11.9 Å². The molecule has 1 aromatic rings. The average Bonchev–Trinajstić information content (AvgIpc) is 2.27. The molecule has 0 radical (unpaired) electrons. The van der Waals surface area contributed by atoms with Crippen LogP contribution in [0.5, 0.6) is 0 Å². The number of aliphatic hydroxyl groups is 2. The van der Waals surface area contributed by atoms with Crippen molar-refractivity contribution in [3.8, 4) is 0 Å². The van der Waals surface area contributed by atoms with Crippen LogP contribution in [0.3, 0.4) is 0 Å². The van der Waals surface area contributed by atoms with Crippen molar-refractivity contribution in [2.24, 2.45) is 0 Å². The Balaban J connectivity index is 3.08. The van der Waals surface area contributed by atoms with Crippen molar-refractivity contribution < 1.29 is 27.8 Å². The molecule has 102 valence electrons. The lowest BCUT2D eigenvalue weighted by Gasteiger charge is -2.19. The third-order valence-corrected chi connectivity index (χ3v) is 2.69. The SMILES string of the molecule is OC(CCS)C(O)c1cc(C(F)(F)F)ccc1F. The van der Waals surface area contributed by atoms with Crippen molar-refractivity contribution >= 4 is 12.6 Å². The van der Waals surface area contributed by atoms with E-state index in [0.717, 1.165) is 0 Å². The van der Waals surface area contributed by atoms with Gasteiger partial charge in [0.2, 0.25) is 0 Å². The van der Waals surface area contributed by atoms with Crippen LogP contribution in [-0.4, -0.2) is 22.1 Å². The number of alkyl halides is 3. The second-order valence-electron chi connectivity index (χ2n) is 3.76. The summed E-state index contributed by atoms with van der Waals surface area (Å²) in [5.74, 6) is -0.771. The maximum atomic E-state index is 13.4. The van der Waals surface area contributed by atoms with Gasteiger partial charge in [0, 0.05) is 5.56 Å². The minimum Gasteiger partial charge on any atom is -0.390 e. The van der Waals surface area contributed by atoms with Gasteiger partial charge in [-0.1, -0.05) is 0 Å². The summed E-state index contributed by atoms with van der Waals surface area (Å²) in [4.78, 5) is 0. The van der Waals surface area contributed by atoms with E-state index in [4.69, 9.17) is 0 Å². The molecule has 2 unspecified atom stereocenters. The molecule has 0 aliphatic carbocycles. The van der Waals surface area contributed by atoms with Gasteiger partial charge in [0.15, 0.2) is 0 Å². The molecule has 2 nitrogen and oxygen atoms in total. The van der Waals surface area contributed by atoms with Crippen LogP contribution in [0.4, 0.5) is 17.6 Å².